The normalized spacial score (nSPS) is 27.4. The van der Waals surface area contributed by atoms with Crippen molar-refractivity contribution in [3.8, 4) is 0 Å². The summed E-state index contributed by atoms with van der Waals surface area (Å²) in [4.78, 5) is 15.9. The molecule has 3 unspecified atom stereocenters. The van der Waals surface area contributed by atoms with Crippen molar-refractivity contribution in [1.82, 2.24) is 10.3 Å². The third-order valence-electron chi connectivity index (χ3n) is 5.63. The number of amides is 1. The molecule has 4 rings (SSSR count). The van der Waals surface area contributed by atoms with Gasteiger partial charge in [-0.15, -0.1) is 0 Å². The van der Waals surface area contributed by atoms with E-state index < -0.39 is 0 Å². The van der Waals surface area contributed by atoms with Gasteiger partial charge in [0.25, 0.3) is 5.91 Å². The van der Waals surface area contributed by atoms with Gasteiger partial charge in [-0.25, -0.2) is 0 Å². The van der Waals surface area contributed by atoms with Gasteiger partial charge in [0.1, 0.15) is 0 Å². The Kier molecular flexibility index (Phi) is 2.84. The lowest BCUT2D eigenvalue weighted by Crippen LogP contribution is -2.38. The van der Waals surface area contributed by atoms with Crippen LogP contribution in [-0.2, 0) is 0 Å². The SMILES string of the molecule is Cc1[nH]c2ccc(C(=O)NC3CC4CCC3C4)cc2c1C. The molecule has 2 aromatic rings. The number of aromatic nitrogens is 1. The van der Waals surface area contributed by atoms with Crippen LogP contribution in [0.2, 0.25) is 0 Å². The Morgan fingerprint density at radius 1 is 1.24 bits per heavy atom. The maximum absolute atomic E-state index is 12.5. The summed E-state index contributed by atoms with van der Waals surface area (Å²) in [5, 5.41) is 4.43. The molecular formula is C18H22N2O. The highest BCUT2D eigenvalue weighted by Gasteiger charge is 2.40. The van der Waals surface area contributed by atoms with Crippen LogP contribution in [0.5, 0.6) is 0 Å². The lowest BCUT2D eigenvalue weighted by atomic mass is 9.95. The van der Waals surface area contributed by atoms with Crippen molar-refractivity contribution in [3.63, 3.8) is 0 Å². The molecule has 110 valence electrons. The first kappa shape index (κ1) is 12.9. The van der Waals surface area contributed by atoms with Crippen molar-refractivity contribution in [2.45, 2.75) is 45.6 Å². The summed E-state index contributed by atoms with van der Waals surface area (Å²) in [6.45, 7) is 4.18. The minimum atomic E-state index is 0.0905. The minimum Gasteiger partial charge on any atom is -0.358 e. The molecule has 3 nitrogen and oxygen atoms in total. The molecule has 0 radical (unpaired) electrons. The number of H-pyrrole nitrogens is 1. The van der Waals surface area contributed by atoms with Crippen molar-refractivity contribution in [3.05, 3.63) is 35.0 Å². The van der Waals surface area contributed by atoms with Gasteiger partial charge in [-0.2, -0.15) is 0 Å². The predicted molar refractivity (Wildman–Crippen MR) is 84.5 cm³/mol. The largest absolute Gasteiger partial charge is 0.358 e. The van der Waals surface area contributed by atoms with E-state index in [2.05, 4.69) is 24.1 Å². The van der Waals surface area contributed by atoms with Gasteiger partial charge in [-0.1, -0.05) is 6.42 Å². The Bertz CT molecular complexity index is 715. The molecule has 0 saturated heterocycles. The number of aromatic amines is 1. The van der Waals surface area contributed by atoms with Crippen LogP contribution in [0.1, 0.15) is 47.3 Å². The lowest BCUT2D eigenvalue weighted by molar-refractivity contribution is 0.0923. The van der Waals surface area contributed by atoms with E-state index in [1.165, 1.54) is 36.9 Å². The summed E-state index contributed by atoms with van der Waals surface area (Å²) < 4.78 is 0. The maximum atomic E-state index is 12.5. The van der Waals surface area contributed by atoms with E-state index >= 15 is 0 Å². The molecule has 2 fully saturated rings. The average molecular weight is 282 g/mol. The summed E-state index contributed by atoms with van der Waals surface area (Å²) in [6, 6.07) is 6.38. The van der Waals surface area contributed by atoms with Crippen LogP contribution in [0.25, 0.3) is 10.9 Å². The number of benzene rings is 1. The number of nitrogens with one attached hydrogen (secondary N) is 2. The number of carbonyl (C=O) groups is 1. The molecule has 0 aliphatic heterocycles. The van der Waals surface area contributed by atoms with E-state index in [4.69, 9.17) is 0 Å². The molecule has 1 heterocycles. The highest BCUT2D eigenvalue weighted by Crippen LogP contribution is 2.44. The van der Waals surface area contributed by atoms with Crippen molar-refractivity contribution < 1.29 is 4.79 Å². The Balaban J connectivity index is 1.58. The van der Waals surface area contributed by atoms with Crippen LogP contribution in [0.3, 0.4) is 0 Å². The summed E-state index contributed by atoms with van der Waals surface area (Å²) in [5.41, 5.74) is 4.31. The molecule has 3 atom stereocenters. The molecule has 21 heavy (non-hydrogen) atoms. The van der Waals surface area contributed by atoms with Gasteiger partial charge in [-0.05, 0) is 68.7 Å². The van der Waals surface area contributed by atoms with Crippen molar-refractivity contribution >= 4 is 16.8 Å². The fraction of sp³-hybridized carbons (Fsp3) is 0.500. The summed E-state index contributed by atoms with van der Waals surface area (Å²) in [5.74, 6) is 1.67. The number of hydrogen-bond donors (Lipinski definition) is 2. The third-order valence-corrected chi connectivity index (χ3v) is 5.63. The lowest BCUT2D eigenvalue weighted by Gasteiger charge is -2.22. The third kappa shape index (κ3) is 2.06. The van der Waals surface area contributed by atoms with Crippen molar-refractivity contribution in [2.24, 2.45) is 11.8 Å². The standard InChI is InChI=1S/C18H22N2O/c1-10-11(2)19-16-6-5-14(9-15(10)16)18(21)20-17-8-12-3-4-13(17)7-12/h5-6,9,12-13,17,19H,3-4,7-8H2,1-2H3,(H,20,21). The van der Waals surface area contributed by atoms with Crippen LogP contribution in [0.15, 0.2) is 18.2 Å². The van der Waals surface area contributed by atoms with E-state index in [-0.39, 0.29) is 5.91 Å². The van der Waals surface area contributed by atoms with Crippen LogP contribution in [-0.4, -0.2) is 16.9 Å². The molecule has 2 aliphatic carbocycles. The first-order valence-electron chi connectivity index (χ1n) is 8.01. The Morgan fingerprint density at radius 3 is 2.81 bits per heavy atom. The van der Waals surface area contributed by atoms with Crippen LogP contribution >= 0.6 is 0 Å². The molecule has 1 aromatic carbocycles. The Labute approximate surface area is 125 Å². The van der Waals surface area contributed by atoms with E-state index in [9.17, 15) is 4.79 Å². The highest BCUT2D eigenvalue weighted by molar-refractivity contribution is 5.99. The van der Waals surface area contributed by atoms with Crippen molar-refractivity contribution in [2.75, 3.05) is 0 Å². The van der Waals surface area contributed by atoms with Gasteiger partial charge in [0.15, 0.2) is 0 Å². The van der Waals surface area contributed by atoms with Gasteiger partial charge in [0.05, 0.1) is 0 Å². The van der Waals surface area contributed by atoms with E-state index in [1.54, 1.807) is 0 Å². The first-order valence-corrected chi connectivity index (χ1v) is 8.01. The highest BCUT2D eigenvalue weighted by atomic mass is 16.1. The molecule has 1 aromatic heterocycles. The maximum Gasteiger partial charge on any atom is 0.251 e. The monoisotopic (exact) mass is 282 g/mol. The fourth-order valence-corrected chi connectivity index (χ4v) is 4.28. The molecular weight excluding hydrogens is 260 g/mol. The summed E-state index contributed by atoms with van der Waals surface area (Å²) in [7, 11) is 0. The zero-order valence-electron chi connectivity index (χ0n) is 12.7. The molecule has 2 N–H and O–H groups in total. The molecule has 2 saturated carbocycles. The van der Waals surface area contributed by atoms with Gasteiger partial charge < -0.3 is 10.3 Å². The average Bonchev–Trinajstić information content (AvgIpc) is 3.15. The number of hydrogen-bond acceptors (Lipinski definition) is 1. The topological polar surface area (TPSA) is 44.9 Å². The van der Waals surface area contributed by atoms with E-state index in [0.717, 1.165) is 28.3 Å². The Morgan fingerprint density at radius 2 is 2.10 bits per heavy atom. The van der Waals surface area contributed by atoms with Gasteiger partial charge >= 0.3 is 0 Å². The summed E-state index contributed by atoms with van der Waals surface area (Å²) in [6.07, 6.45) is 5.16. The second kappa shape index (κ2) is 4.62. The zero-order chi connectivity index (χ0) is 14.6. The number of rotatable bonds is 2. The van der Waals surface area contributed by atoms with Gasteiger partial charge in [0.2, 0.25) is 0 Å². The molecule has 1 amide bonds. The number of aryl methyl sites for hydroxylation is 2. The second-order valence-electron chi connectivity index (χ2n) is 6.89. The van der Waals surface area contributed by atoms with Crippen LogP contribution < -0.4 is 5.32 Å². The van der Waals surface area contributed by atoms with Gasteiger partial charge in [-0.3, -0.25) is 4.79 Å². The van der Waals surface area contributed by atoms with E-state index in [0.29, 0.717) is 6.04 Å². The number of fused-ring (bicyclic) bond motifs is 3. The second-order valence-corrected chi connectivity index (χ2v) is 6.89. The smallest absolute Gasteiger partial charge is 0.251 e. The zero-order valence-corrected chi connectivity index (χ0v) is 12.7. The first-order chi connectivity index (χ1) is 10.1. The molecule has 3 heteroatoms. The van der Waals surface area contributed by atoms with Crippen LogP contribution in [0.4, 0.5) is 0 Å². The van der Waals surface area contributed by atoms with Crippen LogP contribution in [0, 0.1) is 25.7 Å². The molecule has 2 bridgehead atoms. The Hall–Kier alpha value is -1.77. The van der Waals surface area contributed by atoms with Crippen molar-refractivity contribution in [1.29, 1.82) is 0 Å². The number of carbonyl (C=O) groups excluding carboxylic acids is 1. The molecule has 0 spiro atoms. The van der Waals surface area contributed by atoms with Gasteiger partial charge in [0, 0.05) is 28.2 Å². The minimum absolute atomic E-state index is 0.0905. The summed E-state index contributed by atoms with van der Waals surface area (Å²) >= 11 is 0. The fourth-order valence-electron chi connectivity index (χ4n) is 4.28. The quantitative estimate of drug-likeness (QED) is 0.866. The molecule has 2 aliphatic rings. The van der Waals surface area contributed by atoms with E-state index in [1.807, 2.05) is 18.2 Å². The predicted octanol–water partition coefficient (Wildman–Crippen LogP) is 3.70.